The normalized spacial score (nSPS) is 18.4. The molecular weight excluding hydrogens is 262 g/mol. The van der Waals surface area contributed by atoms with Crippen LogP contribution in [0.15, 0.2) is 24.3 Å². The monoisotopic (exact) mass is 281 g/mol. The lowest BCUT2D eigenvalue weighted by Gasteiger charge is -2.37. The summed E-state index contributed by atoms with van der Waals surface area (Å²) >= 11 is 5.95. The third kappa shape index (κ3) is 2.71. The minimum absolute atomic E-state index is 0.112. The van der Waals surface area contributed by atoms with Gasteiger partial charge in [0.2, 0.25) is 5.91 Å². The van der Waals surface area contributed by atoms with Crippen LogP contribution in [0.3, 0.4) is 0 Å². The van der Waals surface area contributed by atoms with Crippen molar-refractivity contribution >= 4 is 17.5 Å². The van der Waals surface area contributed by atoms with Crippen LogP contribution in [0.1, 0.15) is 31.7 Å². The first kappa shape index (κ1) is 14.2. The van der Waals surface area contributed by atoms with Crippen molar-refractivity contribution < 1.29 is 9.53 Å². The number of halogens is 1. The number of ether oxygens (including phenoxy) is 1. The van der Waals surface area contributed by atoms with Gasteiger partial charge in [-0.25, -0.2) is 0 Å². The van der Waals surface area contributed by atoms with Gasteiger partial charge in [-0.1, -0.05) is 18.2 Å². The molecule has 0 aliphatic carbocycles. The molecule has 1 atom stereocenters. The summed E-state index contributed by atoms with van der Waals surface area (Å²) in [5.74, 6) is 1.23. The zero-order valence-electron chi connectivity index (χ0n) is 11.6. The molecule has 1 heterocycles. The Kier molecular flexibility index (Phi) is 4.04. The van der Waals surface area contributed by atoms with Crippen molar-refractivity contribution in [2.24, 2.45) is 0 Å². The lowest BCUT2D eigenvalue weighted by molar-refractivity contribution is -0.136. The number of para-hydroxylation sites is 1. The minimum atomic E-state index is -0.341. The van der Waals surface area contributed by atoms with Gasteiger partial charge < -0.3 is 9.64 Å². The number of likely N-dealkylation sites (N-methyl/N-ethyl adjacent to an activating group) is 1. The van der Waals surface area contributed by atoms with Crippen LogP contribution in [0.2, 0.25) is 0 Å². The first-order valence-electron chi connectivity index (χ1n) is 6.53. The summed E-state index contributed by atoms with van der Waals surface area (Å²) in [5.41, 5.74) is 0.641. The lowest BCUT2D eigenvalue weighted by atomic mass is 9.90. The van der Waals surface area contributed by atoms with Crippen LogP contribution >= 0.6 is 11.6 Å². The van der Waals surface area contributed by atoms with E-state index in [-0.39, 0.29) is 17.4 Å². The van der Waals surface area contributed by atoms with Crippen molar-refractivity contribution in [3.63, 3.8) is 0 Å². The molecule has 3 nitrogen and oxygen atoms in total. The smallest absolute Gasteiger partial charge is 0.230 e. The van der Waals surface area contributed by atoms with Gasteiger partial charge in [0.05, 0.1) is 18.1 Å². The van der Waals surface area contributed by atoms with Crippen LogP contribution in [-0.4, -0.2) is 35.9 Å². The molecule has 1 aliphatic heterocycles. The van der Waals surface area contributed by atoms with Gasteiger partial charge in [-0.3, -0.25) is 4.79 Å². The highest BCUT2D eigenvalue weighted by Gasteiger charge is 2.34. The fourth-order valence-corrected chi connectivity index (χ4v) is 2.40. The lowest BCUT2D eigenvalue weighted by Crippen LogP contribution is -2.48. The Bertz CT molecular complexity index is 473. The van der Waals surface area contributed by atoms with Crippen LogP contribution in [0, 0.1) is 0 Å². The van der Waals surface area contributed by atoms with Crippen LogP contribution in [0.4, 0.5) is 0 Å². The topological polar surface area (TPSA) is 29.5 Å². The number of hydrogen-bond acceptors (Lipinski definition) is 2. The van der Waals surface area contributed by atoms with Gasteiger partial charge in [-0.05, 0) is 26.3 Å². The maximum absolute atomic E-state index is 12.7. The van der Waals surface area contributed by atoms with Crippen LogP contribution in [-0.2, 0) is 4.79 Å². The number of nitrogens with zero attached hydrogens (tertiary/aromatic N) is 1. The van der Waals surface area contributed by atoms with Crippen molar-refractivity contribution in [3.8, 4) is 5.75 Å². The quantitative estimate of drug-likeness (QED) is 0.797. The molecule has 0 radical (unpaired) electrons. The first-order valence-corrected chi connectivity index (χ1v) is 7.06. The maximum atomic E-state index is 12.7. The highest BCUT2D eigenvalue weighted by Crippen LogP contribution is 2.35. The van der Waals surface area contributed by atoms with E-state index in [0.29, 0.717) is 12.5 Å². The molecule has 0 aromatic heterocycles. The molecule has 19 heavy (non-hydrogen) atoms. The van der Waals surface area contributed by atoms with Crippen molar-refractivity contribution in [1.29, 1.82) is 0 Å². The number of benzene rings is 1. The molecule has 4 heteroatoms. The number of carbonyl (C=O) groups excluding carboxylic acids is 1. The first-order chi connectivity index (χ1) is 8.97. The fourth-order valence-electron chi connectivity index (χ4n) is 2.22. The van der Waals surface area contributed by atoms with Crippen LogP contribution in [0.5, 0.6) is 5.75 Å². The number of fused-ring (bicyclic) bond motifs is 1. The van der Waals surface area contributed by atoms with Crippen molar-refractivity contribution in [3.05, 3.63) is 29.8 Å². The Morgan fingerprint density at radius 3 is 2.84 bits per heavy atom. The summed E-state index contributed by atoms with van der Waals surface area (Å²) in [5, 5.41) is 0. The third-order valence-corrected chi connectivity index (χ3v) is 4.48. The highest BCUT2D eigenvalue weighted by atomic mass is 35.5. The fraction of sp³-hybridized carbons (Fsp3) is 0.533. The summed E-state index contributed by atoms with van der Waals surface area (Å²) in [4.78, 5) is 14.4. The minimum Gasteiger partial charge on any atom is -0.493 e. The van der Waals surface area contributed by atoms with E-state index in [1.807, 2.05) is 45.2 Å². The van der Waals surface area contributed by atoms with Crippen molar-refractivity contribution in [2.75, 3.05) is 19.5 Å². The van der Waals surface area contributed by atoms with Gasteiger partial charge in [-0.2, -0.15) is 0 Å². The van der Waals surface area contributed by atoms with Gasteiger partial charge in [0.25, 0.3) is 0 Å². The summed E-state index contributed by atoms with van der Waals surface area (Å²) in [7, 11) is 1.82. The zero-order chi connectivity index (χ0) is 14.0. The van der Waals surface area contributed by atoms with Gasteiger partial charge in [-0.15, -0.1) is 11.6 Å². The second-order valence-corrected chi connectivity index (χ2v) is 5.84. The summed E-state index contributed by atoms with van der Waals surface area (Å²) in [6, 6.07) is 7.76. The van der Waals surface area contributed by atoms with Crippen molar-refractivity contribution in [1.82, 2.24) is 4.90 Å². The molecule has 0 spiro atoms. The van der Waals surface area contributed by atoms with E-state index in [2.05, 4.69) is 0 Å². The van der Waals surface area contributed by atoms with E-state index in [0.717, 1.165) is 17.7 Å². The molecule has 1 aromatic rings. The SMILES string of the molecule is CN(C(=O)C1CCOc2ccccc21)C(C)(C)CCl. The third-order valence-electron chi connectivity index (χ3n) is 3.82. The summed E-state index contributed by atoms with van der Waals surface area (Å²) in [6.07, 6.45) is 0.721. The van der Waals surface area contributed by atoms with E-state index >= 15 is 0 Å². The van der Waals surface area contributed by atoms with Gasteiger partial charge in [0, 0.05) is 18.5 Å². The standard InChI is InChI=1S/C15H20ClNO2/c1-15(2,10-16)17(3)14(18)12-8-9-19-13-7-5-4-6-11(12)13/h4-7,12H,8-10H2,1-3H3. The largest absolute Gasteiger partial charge is 0.493 e. The average molecular weight is 282 g/mol. The molecule has 0 N–H and O–H groups in total. The molecule has 0 bridgehead atoms. The summed E-state index contributed by atoms with van der Waals surface area (Å²) in [6.45, 7) is 4.54. The Morgan fingerprint density at radius 1 is 1.47 bits per heavy atom. The zero-order valence-corrected chi connectivity index (χ0v) is 12.4. The number of alkyl halides is 1. The van der Waals surface area contributed by atoms with Gasteiger partial charge in [0.1, 0.15) is 5.75 Å². The number of hydrogen-bond donors (Lipinski definition) is 0. The molecule has 0 saturated carbocycles. The Balaban J connectivity index is 2.26. The Morgan fingerprint density at radius 2 is 2.16 bits per heavy atom. The predicted octanol–water partition coefficient (Wildman–Crippen LogP) is 3.03. The second-order valence-electron chi connectivity index (χ2n) is 5.57. The average Bonchev–Trinajstić information content (AvgIpc) is 2.45. The molecule has 1 unspecified atom stereocenters. The van der Waals surface area contributed by atoms with E-state index in [1.54, 1.807) is 4.90 Å². The van der Waals surface area contributed by atoms with Crippen LogP contribution in [0.25, 0.3) is 0 Å². The molecule has 1 aliphatic rings. The summed E-state index contributed by atoms with van der Waals surface area (Å²) < 4.78 is 5.60. The maximum Gasteiger partial charge on any atom is 0.230 e. The Labute approximate surface area is 119 Å². The van der Waals surface area contributed by atoms with E-state index in [9.17, 15) is 4.79 Å². The van der Waals surface area contributed by atoms with Gasteiger partial charge in [0.15, 0.2) is 0 Å². The molecule has 1 aromatic carbocycles. The molecule has 1 amide bonds. The number of carbonyl (C=O) groups is 1. The molecule has 0 fully saturated rings. The van der Waals surface area contributed by atoms with E-state index in [1.165, 1.54) is 0 Å². The van der Waals surface area contributed by atoms with Gasteiger partial charge >= 0.3 is 0 Å². The second kappa shape index (κ2) is 5.41. The number of amides is 1. The molecular formula is C15H20ClNO2. The Hall–Kier alpha value is -1.22. The highest BCUT2D eigenvalue weighted by molar-refractivity contribution is 6.18. The molecule has 0 saturated heterocycles. The molecule has 2 rings (SSSR count). The van der Waals surface area contributed by atoms with E-state index in [4.69, 9.17) is 16.3 Å². The van der Waals surface area contributed by atoms with Crippen molar-refractivity contribution in [2.45, 2.75) is 31.7 Å². The predicted molar refractivity (Wildman–Crippen MR) is 76.9 cm³/mol. The number of rotatable bonds is 3. The van der Waals surface area contributed by atoms with Crippen LogP contribution < -0.4 is 4.74 Å². The molecule has 104 valence electrons. The van der Waals surface area contributed by atoms with E-state index < -0.39 is 0 Å².